The van der Waals surface area contributed by atoms with E-state index in [1.807, 2.05) is 47.5 Å². The van der Waals surface area contributed by atoms with E-state index in [1.54, 1.807) is 11.3 Å². The fourth-order valence-electron chi connectivity index (χ4n) is 5.22. The molecule has 33 heavy (non-hydrogen) atoms. The van der Waals surface area contributed by atoms with Gasteiger partial charge in [-0.25, -0.2) is 4.98 Å². The average Bonchev–Trinajstić information content (AvgIpc) is 3.24. The first-order chi connectivity index (χ1) is 16.0. The summed E-state index contributed by atoms with van der Waals surface area (Å²) < 4.78 is 0. The summed E-state index contributed by atoms with van der Waals surface area (Å²) in [4.78, 5) is 32.0. The third-order valence-electron chi connectivity index (χ3n) is 6.98. The number of nitrogens with one attached hydrogen (secondary N) is 2. The molecule has 170 valence electrons. The van der Waals surface area contributed by atoms with Crippen molar-refractivity contribution in [3.63, 3.8) is 0 Å². The first-order valence-corrected chi connectivity index (χ1v) is 12.3. The van der Waals surface area contributed by atoms with Crippen LogP contribution in [0.1, 0.15) is 46.8 Å². The van der Waals surface area contributed by atoms with Crippen molar-refractivity contribution in [2.24, 2.45) is 5.41 Å². The molecular formula is C26H28N4O2S. The van der Waals surface area contributed by atoms with Crippen molar-refractivity contribution in [1.82, 2.24) is 15.2 Å². The Bertz CT molecular complexity index is 1150. The molecule has 0 radical (unpaired) electrons. The van der Waals surface area contributed by atoms with Crippen LogP contribution in [0.4, 0.5) is 10.8 Å². The minimum atomic E-state index is -0.0907. The lowest BCUT2D eigenvalue weighted by atomic mass is 9.62. The molecule has 0 unspecified atom stereocenters. The maximum absolute atomic E-state index is 13.3. The number of hydrogen-bond donors (Lipinski definition) is 2. The van der Waals surface area contributed by atoms with Crippen molar-refractivity contribution >= 4 is 34.0 Å². The van der Waals surface area contributed by atoms with Crippen LogP contribution in [0.15, 0.2) is 60.0 Å². The molecule has 3 aromatic rings. The van der Waals surface area contributed by atoms with Gasteiger partial charge in [0.25, 0.3) is 5.91 Å². The van der Waals surface area contributed by atoms with Gasteiger partial charge in [0, 0.05) is 48.6 Å². The summed E-state index contributed by atoms with van der Waals surface area (Å²) in [6, 6.07) is 18.1. The van der Waals surface area contributed by atoms with E-state index in [0.717, 1.165) is 29.4 Å². The summed E-state index contributed by atoms with van der Waals surface area (Å²) in [5.74, 6) is 0.446. The lowest BCUT2D eigenvalue weighted by molar-refractivity contribution is -0.127. The van der Waals surface area contributed by atoms with Crippen molar-refractivity contribution in [1.29, 1.82) is 0 Å². The van der Waals surface area contributed by atoms with Gasteiger partial charge in [-0.1, -0.05) is 36.4 Å². The Labute approximate surface area is 198 Å². The van der Waals surface area contributed by atoms with Crippen molar-refractivity contribution in [2.45, 2.75) is 32.1 Å². The van der Waals surface area contributed by atoms with Gasteiger partial charge >= 0.3 is 0 Å². The number of likely N-dealkylation sites (tertiary alicyclic amines) is 1. The predicted molar refractivity (Wildman–Crippen MR) is 131 cm³/mol. The number of hydrogen-bond acceptors (Lipinski definition) is 5. The van der Waals surface area contributed by atoms with Crippen LogP contribution in [0.5, 0.6) is 0 Å². The Kier molecular flexibility index (Phi) is 5.89. The molecule has 2 N–H and O–H groups in total. The smallest absolute Gasteiger partial charge is 0.253 e. The SMILES string of the molecule is Cc1csc(Nc2cccc(C(=O)N3CCC4(CC3)CC(=O)NC[C@H]4c3ccccc3)c2)n1. The van der Waals surface area contributed by atoms with Crippen LogP contribution in [-0.4, -0.2) is 41.3 Å². The highest BCUT2D eigenvalue weighted by Gasteiger charge is 2.46. The monoisotopic (exact) mass is 460 g/mol. The van der Waals surface area contributed by atoms with E-state index in [4.69, 9.17) is 0 Å². The summed E-state index contributed by atoms with van der Waals surface area (Å²) in [5, 5.41) is 9.16. The van der Waals surface area contributed by atoms with Gasteiger partial charge in [-0.2, -0.15) is 0 Å². The fourth-order valence-corrected chi connectivity index (χ4v) is 5.93. The summed E-state index contributed by atoms with van der Waals surface area (Å²) >= 11 is 1.55. The molecular weight excluding hydrogens is 432 g/mol. The number of anilines is 2. The van der Waals surface area contributed by atoms with Crippen LogP contribution < -0.4 is 10.6 Å². The van der Waals surface area contributed by atoms with Crippen molar-refractivity contribution in [2.75, 3.05) is 25.0 Å². The standard InChI is InChI=1S/C26H28N4O2S/c1-18-17-33-25(28-18)29-21-9-5-8-20(14-21)24(32)30-12-10-26(11-13-30)15-23(31)27-16-22(26)19-6-3-2-4-7-19/h2-9,14,17,22H,10-13,15-16H2,1H3,(H,27,31)(H,28,29)/t22-/m0/s1. The van der Waals surface area contributed by atoms with Crippen LogP contribution in [0.25, 0.3) is 0 Å². The number of rotatable bonds is 4. The normalized spacial score (nSPS) is 19.8. The van der Waals surface area contributed by atoms with Crippen molar-refractivity contribution in [3.05, 3.63) is 76.8 Å². The number of carbonyl (C=O) groups excluding carboxylic acids is 2. The summed E-state index contributed by atoms with van der Waals surface area (Å²) in [5.41, 5.74) is 3.68. The maximum atomic E-state index is 13.3. The molecule has 0 saturated carbocycles. The lowest BCUT2D eigenvalue weighted by Crippen LogP contribution is -2.52. The zero-order chi connectivity index (χ0) is 22.8. The molecule has 1 atom stereocenters. The lowest BCUT2D eigenvalue weighted by Gasteiger charge is -2.49. The summed E-state index contributed by atoms with van der Waals surface area (Å²) in [6.45, 7) is 3.96. The third-order valence-corrected chi connectivity index (χ3v) is 7.86. The van der Waals surface area contributed by atoms with Gasteiger partial charge in [0.15, 0.2) is 5.13 Å². The molecule has 2 aliphatic heterocycles. The van der Waals surface area contributed by atoms with Gasteiger partial charge in [0.05, 0.1) is 5.69 Å². The van der Waals surface area contributed by atoms with Crippen LogP contribution in [-0.2, 0) is 4.79 Å². The molecule has 3 heterocycles. The van der Waals surface area contributed by atoms with Crippen LogP contribution >= 0.6 is 11.3 Å². The molecule has 5 rings (SSSR count). The van der Waals surface area contributed by atoms with Crippen molar-refractivity contribution in [3.8, 4) is 0 Å². The number of amides is 2. The van der Waals surface area contributed by atoms with E-state index >= 15 is 0 Å². The van der Waals surface area contributed by atoms with Gasteiger partial charge in [-0.3, -0.25) is 9.59 Å². The Hall–Kier alpha value is -3.19. The average molecular weight is 461 g/mol. The largest absolute Gasteiger partial charge is 0.355 e. The van der Waals surface area contributed by atoms with Gasteiger partial charge in [0.1, 0.15) is 0 Å². The first-order valence-electron chi connectivity index (χ1n) is 11.4. The molecule has 2 amide bonds. The van der Waals surface area contributed by atoms with E-state index in [9.17, 15) is 9.59 Å². The first kappa shape index (κ1) is 21.6. The Morgan fingerprint density at radius 2 is 1.94 bits per heavy atom. The topological polar surface area (TPSA) is 74.3 Å². The summed E-state index contributed by atoms with van der Waals surface area (Å²) in [6.07, 6.45) is 2.20. The minimum absolute atomic E-state index is 0.0420. The maximum Gasteiger partial charge on any atom is 0.253 e. The third kappa shape index (κ3) is 4.50. The molecule has 1 spiro atoms. The molecule has 2 aromatic carbocycles. The van der Waals surface area contributed by atoms with Gasteiger partial charge in [-0.15, -0.1) is 11.3 Å². The highest BCUT2D eigenvalue weighted by atomic mass is 32.1. The minimum Gasteiger partial charge on any atom is -0.355 e. The molecule has 2 saturated heterocycles. The van der Waals surface area contributed by atoms with Crippen LogP contribution in [0, 0.1) is 12.3 Å². The van der Waals surface area contributed by atoms with Gasteiger partial charge < -0.3 is 15.5 Å². The summed E-state index contributed by atoms with van der Waals surface area (Å²) in [7, 11) is 0. The zero-order valence-corrected chi connectivity index (χ0v) is 19.5. The quantitative estimate of drug-likeness (QED) is 0.591. The van der Waals surface area contributed by atoms with E-state index < -0.39 is 0 Å². The number of thiazole rings is 1. The zero-order valence-electron chi connectivity index (χ0n) is 18.7. The van der Waals surface area contributed by atoms with E-state index in [0.29, 0.717) is 31.6 Å². The molecule has 2 aliphatic rings. The van der Waals surface area contributed by atoms with Gasteiger partial charge in [-0.05, 0) is 48.9 Å². The molecule has 7 heteroatoms. The van der Waals surface area contributed by atoms with E-state index in [1.165, 1.54) is 5.56 Å². The van der Waals surface area contributed by atoms with E-state index in [2.05, 4.69) is 39.9 Å². The number of aromatic nitrogens is 1. The Morgan fingerprint density at radius 3 is 2.67 bits per heavy atom. The molecule has 0 aliphatic carbocycles. The van der Waals surface area contributed by atoms with Crippen molar-refractivity contribution < 1.29 is 9.59 Å². The number of carbonyl (C=O) groups is 2. The predicted octanol–water partition coefficient (Wildman–Crippen LogP) is 4.72. The van der Waals surface area contributed by atoms with E-state index in [-0.39, 0.29) is 23.1 Å². The van der Waals surface area contributed by atoms with Crippen LogP contribution in [0.2, 0.25) is 0 Å². The highest BCUT2D eigenvalue weighted by molar-refractivity contribution is 7.13. The van der Waals surface area contributed by atoms with Gasteiger partial charge in [0.2, 0.25) is 5.91 Å². The molecule has 0 bridgehead atoms. The Morgan fingerprint density at radius 1 is 1.15 bits per heavy atom. The molecule has 6 nitrogen and oxygen atoms in total. The number of piperidine rings is 2. The fraction of sp³-hybridized carbons (Fsp3) is 0.346. The second-order valence-electron chi connectivity index (χ2n) is 9.10. The second-order valence-corrected chi connectivity index (χ2v) is 9.96. The molecule has 1 aromatic heterocycles. The Balaban J connectivity index is 1.29. The molecule has 2 fully saturated rings. The second kappa shape index (κ2) is 8.98. The number of nitrogens with zero attached hydrogens (tertiary/aromatic N) is 2. The number of aryl methyl sites for hydroxylation is 1. The van der Waals surface area contributed by atoms with Crippen LogP contribution in [0.3, 0.4) is 0 Å². The highest BCUT2D eigenvalue weighted by Crippen LogP contribution is 2.48. The number of benzene rings is 2.